The van der Waals surface area contributed by atoms with Gasteiger partial charge in [-0.25, -0.2) is 4.39 Å². The smallest absolute Gasteiger partial charge is 0.234 e. The van der Waals surface area contributed by atoms with Gasteiger partial charge < -0.3 is 13.9 Å². The van der Waals surface area contributed by atoms with Gasteiger partial charge in [0, 0.05) is 18.0 Å². The van der Waals surface area contributed by atoms with Crippen LogP contribution in [0.25, 0.3) is 5.69 Å². The number of aromatic nitrogens is 1. The molecular weight excluding hydrogens is 327 g/mol. The molecule has 0 bridgehead atoms. The van der Waals surface area contributed by atoms with Crippen molar-refractivity contribution < 1.29 is 13.6 Å². The van der Waals surface area contributed by atoms with Crippen LogP contribution in [-0.2, 0) is 11.3 Å². The zero-order valence-corrected chi connectivity index (χ0v) is 13.6. The number of thioether (sulfide) groups is 1. The fraction of sp³-hybridized carbons (Fsp3) is 0.167. The summed E-state index contributed by atoms with van der Waals surface area (Å²) in [6.45, 7) is 0.439. The van der Waals surface area contributed by atoms with E-state index in [4.69, 9.17) is 4.42 Å². The summed E-state index contributed by atoms with van der Waals surface area (Å²) in [5.74, 6) is 1.00. The molecule has 1 aliphatic heterocycles. The molecule has 122 valence electrons. The van der Waals surface area contributed by atoms with Gasteiger partial charge >= 0.3 is 0 Å². The van der Waals surface area contributed by atoms with E-state index in [1.807, 2.05) is 30.6 Å². The molecule has 4 rings (SSSR count). The minimum absolute atomic E-state index is 0.0834. The molecule has 0 saturated carbocycles. The molecule has 3 heterocycles. The lowest BCUT2D eigenvalue weighted by Crippen LogP contribution is -2.27. The van der Waals surface area contributed by atoms with Gasteiger partial charge in [-0.1, -0.05) is 12.1 Å². The predicted octanol–water partition coefficient (Wildman–Crippen LogP) is 3.98. The van der Waals surface area contributed by atoms with Gasteiger partial charge in [-0.15, -0.1) is 11.8 Å². The summed E-state index contributed by atoms with van der Waals surface area (Å²) in [5.41, 5.74) is 1.47. The number of carbonyl (C=O) groups excluding carboxylic acids is 1. The van der Waals surface area contributed by atoms with E-state index in [0.717, 1.165) is 11.3 Å². The van der Waals surface area contributed by atoms with Crippen molar-refractivity contribution in [2.24, 2.45) is 0 Å². The molecule has 1 aliphatic rings. The maximum absolute atomic E-state index is 13.9. The Morgan fingerprint density at radius 2 is 2.08 bits per heavy atom. The van der Waals surface area contributed by atoms with Gasteiger partial charge in [-0.3, -0.25) is 4.79 Å². The van der Waals surface area contributed by atoms with Crippen molar-refractivity contribution in [3.8, 4) is 5.69 Å². The topological polar surface area (TPSA) is 38.4 Å². The second-order valence-electron chi connectivity index (χ2n) is 5.57. The van der Waals surface area contributed by atoms with Gasteiger partial charge in [0.2, 0.25) is 5.91 Å². The second kappa shape index (κ2) is 6.20. The molecule has 1 amide bonds. The van der Waals surface area contributed by atoms with E-state index in [-0.39, 0.29) is 17.1 Å². The molecule has 0 spiro atoms. The van der Waals surface area contributed by atoms with E-state index in [1.54, 1.807) is 45.7 Å². The maximum atomic E-state index is 13.9. The first kappa shape index (κ1) is 15.1. The van der Waals surface area contributed by atoms with Gasteiger partial charge in [-0.05, 0) is 30.3 Å². The third-order valence-electron chi connectivity index (χ3n) is 4.01. The second-order valence-corrected chi connectivity index (χ2v) is 6.64. The van der Waals surface area contributed by atoms with E-state index in [1.165, 1.54) is 6.07 Å². The molecule has 0 radical (unpaired) electrons. The fourth-order valence-electron chi connectivity index (χ4n) is 2.84. The fourth-order valence-corrected chi connectivity index (χ4v) is 4.01. The van der Waals surface area contributed by atoms with Gasteiger partial charge in [0.25, 0.3) is 0 Å². The number of benzene rings is 1. The van der Waals surface area contributed by atoms with Crippen molar-refractivity contribution in [1.29, 1.82) is 0 Å². The van der Waals surface area contributed by atoms with Crippen LogP contribution in [0.4, 0.5) is 4.39 Å². The molecule has 3 aromatic rings. The third kappa shape index (κ3) is 2.73. The summed E-state index contributed by atoms with van der Waals surface area (Å²) in [7, 11) is 0. The number of para-hydroxylation sites is 1. The third-order valence-corrected chi connectivity index (χ3v) is 5.26. The number of furan rings is 1. The number of halogens is 1. The van der Waals surface area contributed by atoms with Gasteiger partial charge in [-0.2, -0.15) is 0 Å². The summed E-state index contributed by atoms with van der Waals surface area (Å²) in [4.78, 5) is 14.0. The van der Waals surface area contributed by atoms with Crippen molar-refractivity contribution in [2.45, 2.75) is 11.9 Å². The summed E-state index contributed by atoms with van der Waals surface area (Å²) in [6.07, 6.45) is 5.30. The summed E-state index contributed by atoms with van der Waals surface area (Å²) in [5, 5.41) is -0.0874. The highest BCUT2D eigenvalue weighted by Gasteiger charge is 2.33. The zero-order chi connectivity index (χ0) is 16.5. The highest BCUT2D eigenvalue weighted by molar-refractivity contribution is 8.00. The van der Waals surface area contributed by atoms with Crippen molar-refractivity contribution in [2.75, 3.05) is 5.75 Å². The lowest BCUT2D eigenvalue weighted by molar-refractivity contribution is -0.128. The van der Waals surface area contributed by atoms with Crippen LogP contribution in [-0.4, -0.2) is 21.1 Å². The van der Waals surface area contributed by atoms with Crippen molar-refractivity contribution in [3.63, 3.8) is 0 Å². The Hall–Kier alpha value is -2.47. The normalized spacial score (nSPS) is 17.6. The molecule has 24 heavy (non-hydrogen) atoms. The Morgan fingerprint density at radius 3 is 2.88 bits per heavy atom. The number of hydrogen-bond acceptors (Lipinski definition) is 3. The molecule has 1 atom stereocenters. The molecule has 0 N–H and O–H groups in total. The molecule has 1 unspecified atom stereocenters. The number of hydrogen-bond donors (Lipinski definition) is 0. The van der Waals surface area contributed by atoms with Crippen LogP contribution >= 0.6 is 11.8 Å². The van der Waals surface area contributed by atoms with Crippen molar-refractivity contribution >= 4 is 17.7 Å². The van der Waals surface area contributed by atoms with Crippen LogP contribution in [0.3, 0.4) is 0 Å². The monoisotopic (exact) mass is 342 g/mol. The van der Waals surface area contributed by atoms with Gasteiger partial charge in [0.15, 0.2) is 0 Å². The lowest BCUT2D eigenvalue weighted by Gasteiger charge is -2.22. The average Bonchev–Trinajstić information content (AvgIpc) is 3.31. The first-order valence-electron chi connectivity index (χ1n) is 7.58. The first-order chi connectivity index (χ1) is 11.7. The van der Waals surface area contributed by atoms with Crippen LogP contribution in [0.2, 0.25) is 0 Å². The van der Waals surface area contributed by atoms with Gasteiger partial charge in [0.1, 0.15) is 17.0 Å². The van der Waals surface area contributed by atoms with Crippen LogP contribution in [0.15, 0.2) is 65.5 Å². The molecule has 1 fully saturated rings. The van der Waals surface area contributed by atoms with Crippen LogP contribution in [0, 0.1) is 5.82 Å². The van der Waals surface area contributed by atoms with E-state index < -0.39 is 0 Å². The Kier molecular flexibility index (Phi) is 3.90. The van der Waals surface area contributed by atoms with Crippen molar-refractivity contribution in [3.05, 3.63) is 78.3 Å². The Balaban J connectivity index is 1.61. The Bertz CT molecular complexity index is 860. The average molecular weight is 342 g/mol. The minimum Gasteiger partial charge on any atom is -0.467 e. The Labute approximate surface area is 142 Å². The maximum Gasteiger partial charge on any atom is 0.234 e. The quantitative estimate of drug-likeness (QED) is 0.720. The van der Waals surface area contributed by atoms with E-state index in [2.05, 4.69) is 0 Å². The standard InChI is InChI=1S/C18H15FN2O2S/c19-15-5-1-2-6-16(15)20-8-7-13(10-20)18-21(17(22)12-24-18)11-14-4-3-9-23-14/h1-10,18H,11-12H2. The Morgan fingerprint density at radius 1 is 1.21 bits per heavy atom. The molecule has 2 aromatic heterocycles. The number of rotatable bonds is 4. The van der Waals surface area contributed by atoms with E-state index in [9.17, 15) is 9.18 Å². The number of nitrogens with zero attached hydrogens (tertiary/aromatic N) is 2. The van der Waals surface area contributed by atoms with Crippen LogP contribution in [0.5, 0.6) is 0 Å². The lowest BCUT2D eigenvalue weighted by atomic mass is 10.3. The molecule has 1 aromatic carbocycles. The summed E-state index contributed by atoms with van der Waals surface area (Å²) < 4.78 is 21.1. The van der Waals surface area contributed by atoms with Crippen molar-refractivity contribution in [1.82, 2.24) is 9.47 Å². The van der Waals surface area contributed by atoms with E-state index in [0.29, 0.717) is 18.0 Å². The van der Waals surface area contributed by atoms with Crippen LogP contribution in [0.1, 0.15) is 16.7 Å². The number of carbonyl (C=O) groups is 1. The molecule has 4 nitrogen and oxygen atoms in total. The van der Waals surface area contributed by atoms with Gasteiger partial charge in [0.05, 0.1) is 24.2 Å². The largest absolute Gasteiger partial charge is 0.467 e. The number of amides is 1. The minimum atomic E-state index is -0.276. The first-order valence-corrected chi connectivity index (χ1v) is 8.63. The summed E-state index contributed by atoms with van der Waals surface area (Å²) >= 11 is 1.57. The molecular formula is C18H15FN2O2S. The van der Waals surface area contributed by atoms with Crippen LogP contribution < -0.4 is 0 Å². The highest BCUT2D eigenvalue weighted by Crippen LogP contribution is 2.40. The predicted molar refractivity (Wildman–Crippen MR) is 90.2 cm³/mol. The molecule has 1 saturated heterocycles. The molecule has 0 aliphatic carbocycles. The molecule has 6 heteroatoms. The SMILES string of the molecule is O=C1CSC(c2ccn(-c3ccccc3F)c2)N1Cc1ccco1. The highest BCUT2D eigenvalue weighted by atomic mass is 32.2. The zero-order valence-electron chi connectivity index (χ0n) is 12.8. The summed E-state index contributed by atoms with van der Waals surface area (Å²) in [6, 6.07) is 12.2. The van der Waals surface area contributed by atoms with E-state index >= 15 is 0 Å².